The lowest BCUT2D eigenvalue weighted by Crippen LogP contribution is -2.12. The molecule has 162 valence electrons. The van der Waals surface area contributed by atoms with Gasteiger partial charge in [-0.2, -0.15) is 0 Å². The number of anilines is 1. The van der Waals surface area contributed by atoms with E-state index in [-0.39, 0.29) is 29.7 Å². The normalized spacial score (nSPS) is 13.9. The van der Waals surface area contributed by atoms with Crippen LogP contribution in [0.25, 0.3) is 0 Å². The van der Waals surface area contributed by atoms with Gasteiger partial charge in [0.05, 0.1) is 11.6 Å². The van der Waals surface area contributed by atoms with Crippen molar-refractivity contribution < 1.29 is 17.6 Å². The lowest BCUT2D eigenvalue weighted by Gasteiger charge is -2.21. The number of ketones is 1. The average molecular weight is 432 g/mol. The van der Waals surface area contributed by atoms with Crippen molar-refractivity contribution in [2.75, 3.05) is 11.6 Å². The van der Waals surface area contributed by atoms with E-state index in [1.165, 1.54) is 17.7 Å². The standard InChI is InChI=1S/C24H30FNO3S/c1-5-23(20-9-7-6-8-18(20)3)26-19-11-12-21(22(25)16-19)24(27)13-10-17(2)14-15-30(4,28)29/h6-9,11-12,14-17,23,26H,5,10,13H2,1-4H3/b15-14+/t17-,23-/m0/s1. The lowest BCUT2D eigenvalue weighted by atomic mass is 9.98. The summed E-state index contributed by atoms with van der Waals surface area (Å²) >= 11 is 0. The van der Waals surface area contributed by atoms with Crippen LogP contribution < -0.4 is 5.32 Å². The molecule has 0 aromatic heterocycles. The van der Waals surface area contributed by atoms with E-state index in [4.69, 9.17) is 0 Å². The van der Waals surface area contributed by atoms with Crippen molar-refractivity contribution in [2.45, 2.75) is 46.1 Å². The number of carbonyl (C=O) groups excluding carboxylic acids is 1. The number of sulfone groups is 1. The molecule has 0 saturated carbocycles. The highest BCUT2D eigenvalue weighted by atomic mass is 32.2. The predicted octanol–water partition coefficient (Wildman–Crippen LogP) is 5.85. The maximum absolute atomic E-state index is 14.6. The number of hydrogen-bond acceptors (Lipinski definition) is 4. The molecule has 4 nitrogen and oxygen atoms in total. The first-order valence-electron chi connectivity index (χ1n) is 10.1. The molecular weight excluding hydrogens is 401 g/mol. The number of hydrogen-bond donors (Lipinski definition) is 1. The molecule has 0 saturated heterocycles. The molecule has 0 unspecified atom stereocenters. The van der Waals surface area contributed by atoms with Crippen LogP contribution in [-0.4, -0.2) is 20.5 Å². The van der Waals surface area contributed by atoms with Gasteiger partial charge in [0.1, 0.15) is 5.82 Å². The van der Waals surface area contributed by atoms with E-state index in [1.54, 1.807) is 12.1 Å². The Balaban J connectivity index is 2.04. The summed E-state index contributed by atoms with van der Waals surface area (Å²) in [5.41, 5.74) is 3.02. The second kappa shape index (κ2) is 10.5. The zero-order valence-corrected chi connectivity index (χ0v) is 18.8. The Kier molecular flexibility index (Phi) is 8.35. The van der Waals surface area contributed by atoms with E-state index in [0.29, 0.717) is 12.1 Å². The van der Waals surface area contributed by atoms with Gasteiger partial charge < -0.3 is 5.32 Å². The van der Waals surface area contributed by atoms with Gasteiger partial charge in [-0.1, -0.05) is 44.2 Å². The second-order valence-corrected chi connectivity index (χ2v) is 9.68. The second-order valence-electron chi connectivity index (χ2n) is 7.75. The van der Waals surface area contributed by atoms with Crippen molar-refractivity contribution in [3.8, 4) is 0 Å². The fourth-order valence-electron chi connectivity index (χ4n) is 3.28. The van der Waals surface area contributed by atoms with E-state index in [9.17, 15) is 17.6 Å². The first-order valence-corrected chi connectivity index (χ1v) is 12.1. The molecule has 0 radical (unpaired) electrons. The molecule has 0 amide bonds. The quantitative estimate of drug-likeness (QED) is 0.479. The van der Waals surface area contributed by atoms with Crippen molar-refractivity contribution in [3.63, 3.8) is 0 Å². The molecule has 0 heterocycles. The first kappa shape index (κ1) is 23.8. The molecule has 0 aliphatic rings. The molecule has 30 heavy (non-hydrogen) atoms. The molecule has 1 N–H and O–H groups in total. The highest BCUT2D eigenvalue weighted by Gasteiger charge is 2.16. The third kappa shape index (κ3) is 7.10. The van der Waals surface area contributed by atoms with Gasteiger partial charge in [0.25, 0.3) is 0 Å². The smallest absolute Gasteiger partial charge is 0.168 e. The Labute approximate surface area is 179 Å². The van der Waals surface area contributed by atoms with Crippen molar-refractivity contribution in [1.29, 1.82) is 0 Å². The molecule has 0 aliphatic heterocycles. The van der Waals surface area contributed by atoms with E-state index in [0.717, 1.165) is 23.6 Å². The Morgan fingerprint density at radius 3 is 2.50 bits per heavy atom. The van der Waals surface area contributed by atoms with Crippen LogP contribution in [0, 0.1) is 18.7 Å². The van der Waals surface area contributed by atoms with Crippen LogP contribution >= 0.6 is 0 Å². The van der Waals surface area contributed by atoms with Crippen LogP contribution in [0.1, 0.15) is 60.6 Å². The number of carbonyl (C=O) groups is 1. The van der Waals surface area contributed by atoms with Gasteiger partial charge in [-0.3, -0.25) is 4.79 Å². The summed E-state index contributed by atoms with van der Waals surface area (Å²) in [5, 5.41) is 4.50. The minimum atomic E-state index is -3.19. The van der Waals surface area contributed by atoms with Crippen LogP contribution in [0.3, 0.4) is 0 Å². The summed E-state index contributed by atoms with van der Waals surface area (Å²) < 4.78 is 37.0. The van der Waals surface area contributed by atoms with Gasteiger partial charge >= 0.3 is 0 Å². The van der Waals surface area contributed by atoms with Crippen LogP contribution in [0.4, 0.5) is 10.1 Å². The van der Waals surface area contributed by atoms with Crippen LogP contribution in [-0.2, 0) is 9.84 Å². The Morgan fingerprint density at radius 2 is 1.90 bits per heavy atom. The monoisotopic (exact) mass is 431 g/mol. The fraction of sp³-hybridized carbons (Fsp3) is 0.375. The summed E-state index contributed by atoms with van der Waals surface area (Å²) in [4.78, 5) is 12.4. The zero-order chi connectivity index (χ0) is 22.3. The number of nitrogens with one attached hydrogen (secondary N) is 1. The van der Waals surface area contributed by atoms with Gasteiger partial charge in [0, 0.05) is 23.8 Å². The van der Waals surface area contributed by atoms with Crippen LogP contribution in [0.15, 0.2) is 53.9 Å². The Bertz CT molecular complexity index is 1010. The topological polar surface area (TPSA) is 63.2 Å². The van der Waals surface area contributed by atoms with Gasteiger partial charge in [0.15, 0.2) is 15.6 Å². The number of aryl methyl sites for hydroxylation is 1. The number of rotatable bonds is 10. The third-order valence-corrected chi connectivity index (χ3v) is 5.72. The number of Topliss-reactive ketones (excluding diaryl/α,β-unsaturated/α-hetero) is 1. The highest BCUT2D eigenvalue weighted by Crippen LogP contribution is 2.26. The number of halogens is 1. The van der Waals surface area contributed by atoms with Gasteiger partial charge in [-0.25, -0.2) is 12.8 Å². The molecule has 0 bridgehead atoms. The fourth-order valence-corrected chi connectivity index (χ4v) is 3.83. The molecule has 0 spiro atoms. The van der Waals surface area contributed by atoms with Crippen molar-refractivity contribution in [2.24, 2.45) is 5.92 Å². The minimum Gasteiger partial charge on any atom is -0.378 e. The molecule has 2 aromatic rings. The predicted molar refractivity (Wildman–Crippen MR) is 121 cm³/mol. The first-order chi connectivity index (χ1) is 14.1. The van der Waals surface area contributed by atoms with E-state index in [1.807, 2.05) is 32.0 Å². The van der Waals surface area contributed by atoms with E-state index >= 15 is 0 Å². The maximum atomic E-state index is 14.6. The number of benzene rings is 2. The van der Waals surface area contributed by atoms with E-state index < -0.39 is 15.7 Å². The van der Waals surface area contributed by atoms with Crippen LogP contribution in [0.5, 0.6) is 0 Å². The van der Waals surface area contributed by atoms with Crippen molar-refractivity contribution >= 4 is 21.3 Å². The summed E-state index contributed by atoms with van der Waals surface area (Å²) in [7, 11) is -3.19. The summed E-state index contributed by atoms with van der Waals surface area (Å²) in [6, 6.07) is 12.7. The SMILES string of the molecule is CC[C@H](Nc1ccc(C(=O)CC[C@H](C)/C=C/S(C)(=O)=O)c(F)c1)c1ccccc1C. The Hall–Kier alpha value is -2.47. The lowest BCUT2D eigenvalue weighted by molar-refractivity contribution is 0.0973. The molecule has 0 fully saturated rings. The summed E-state index contributed by atoms with van der Waals surface area (Å²) in [6.07, 6.45) is 4.12. The molecule has 6 heteroatoms. The summed E-state index contributed by atoms with van der Waals surface area (Å²) in [6.45, 7) is 5.95. The minimum absolute atomic E-state index is 0.0506. The Morgan fingerprint density at radius 1 is 1.20 bits per heavy atom. The van der Waals surface area contributed by atoms with Gasteiger partial charge in [-0.05, 0) is 55.0 Å². The summed E-state index contributed by atoms with van der Waals surface area (Å²) in [5.74, 6) is -0.930. The largest absolute Gasteiger partial charge is 0.378 e. The van der Waals surface area contributed by atoms with Gasteiger partial charge in [0.2, 0.25) is 0 Å². The van der Waals surface area contributed by atoms with Crippen LogP contribution in [0.2, 0.25) is 0 Å². The maximum Gasteiger partial charge on any atom is 0.168 e. The highest BCUT2D eigenvalue weighted by molar-refractivity contribution is 7.93. The molecule has 0 aliphatic carbocycles. The average Bonchev–Trinajstić information content (AvgIpc) is 2.69. The van der Waals surface area contributed by atoms with Gasteiger partial charge in [-0.15, -0.1) is 0 Å². The zero-order valence-electron chi connectivity index (χ0n) is 18.0. The van der Waals surface area contributed by atoms with E-state index in [2.05, 4.69) is 18.3 Å². The van der Waals surface area contributed by atoms with Crippen molar-refractivity contribution in [1.82, 2.24) is 0 Å². The molecule has 2 rings (SSSR count). The van der Waals surface area contributed by atoms with Crippen molar-refractivity contribution in [3.05, 3.63) is 76.5 Å². The third-order valence-electron chi connectivity index (χ3n) is 5.06. The molecule has 2 aromatic carbocycles. The molecule has 2 atom stereocenters. The molecular formula is C24H30FNO3S. The number of allylic oxidation sites excluding steroid dienone is 1.